The van der Waals surface area contributed by atoms with E-state index in [1.807, 2.05) is 13.0 Å². The van der Waals surface area contributed by atoms with Gasteiger partial charge in [0.05, 0.1) is 5.39 Å². The summed E-state index contributed by atoms with van der Waals surface area (Å²) in [5.41, 5.74) is 6.59. The summed E-state index contributed by atoms with van der Waals surface area (Å²) >= 11 is 1.66. The number of H-pyrrole nitrogens is 1. The van der Waals surface area contributed by atoms with Gasteiger partial charge in [-0.15, -0.1) is 11.3 Å². The average molecular weight is 208 g/mol. The quantitative estimate of drug-likeness (QED) is 0.783. The van der Waals surface area contributed by atoms with Crippen molar-refractivity contribution in [3.63, 3.8) is 0 Å². The van der Waals surface area contributed by atoms with E-state index in [-0.39, 0.29) is 5.56 Å². The van der Waals surface area contributed by atoms with E-state index in [0.717, 1.165) is 22.1 Å². The minimum absolute atomic E-state index is 0.000443. The van der Waals surface area contributed by atoms with Gasteiger partial charge in [0, 0.05) is 15.8 Å². The number of hydrogen-bond acceptors (Lipinski definition) is 3. The van der Waals surface area contributed by atoms with Crippen LogP contribution in [-0.4, -0.2) is 11.5 Å². The van der Waals surface area contributed by atoms with E-state index < -0.39 is 0 Å². The van der Waals surface area contributed by atoms with E-state index >= 15 is 0 Å². The molecule has 0 fully saturated rings. The van der Waals surface area contributed by atoms with Gasteiger partial charge in [-0.05, 0) is 31.5 Å². The first kappa shape index (κ1) is 9.43. The molecule has 0 aliphatic heterocycles. The van der Waals surface area contributed by atoms with Gasteiger partial charge in [-0.2, -0.15) is 0 Å². The minimum Gasteiger partial charge on any atom is -0.330 e. The van der Waals surface area contributed by atoms with Gasteiger partial charge in [0.2, 0.25) is 0 Å². The Hall–Kier alpha value is -1.13. The molecule has 0 aliphatic carbocycles. The van der Waals surface area contributed by atoms with Gasteiger partial charge in [-0.1, -0.05) is 0 Å². The fraction of sp³-hybridized carbons (Fsp3) is 0.300. The van der Waals surface area contributed by atoms with Crippen LogP contribution in [-0.2, 0) is 6.42 Å². The SMILES string of the molecule is Cc1c(CCN)sc2cc[nH]c(=O)c12. The van der Waals surface area contributed by atoms with Crippen LogP contribution in [0.2, 0.25) is 0 Å². The molecule has 2 aromatic heterocycles. The third kappa shape index (κ3) is 1.36. The summed E-state index contributed by atoms with van der Waals surface area (Å²) in [4.78, 5) is 15.4. The molecule has 2 heterocycles. The molecule has 0 amide bonds. The molecule has 0 aliphatic rings. The Kier molecular flexibility index (Phi) is 2.39. The van der Waals surface area contributed by atoms with Gasteiger partial charge in [0.25, 0.3) is 5.56 Å². The van der Waals surface area contributed by atoms with Crippen LogP contribution in [0.5, 0.6) is 0 Å². The number of aromatic amines is 1. The number of aromatic nitrogens is 1. The Morgan fingerprint density at radius 1 is 1.57 bits per heavy atom. The predicted octanol–water partition coefficient (Wildman–Crippen LogP) is 1.40. The van der Waals surface area contributed by atoms with E-state index in [2.05, 4.69) is 4.98 Å². The highest BCUT2D eigenvalue weighted by atomic mass is 32.1. The van der Waals surface area contributed by atoms with E-state index in [1.165, 1.54) is 4.88 Å². The first-order valence-corrected chi connectivity index (χ1v) is 5.35. The standard InChI is InChI=1S/C10H12N2OS/c1-6-7(2-4-11)14-8-3-5-12-10(13)9(6)8/h3,5H,2,4,11H2,1H3,(H,12,13). The second-order valence-electron chi connectivity index (χ2n) is 3.23. The highest BCUT2D eigenvalue weighted by Crippen LogP contribution is 2.27. The number of pyridine rings is 1. The molecule has 2 rings (SSSR count). The summed E-state index contributed by atoms with van der Waals surface area (Å²) in [6.07, 6.45) is 2.54. The van der Waals surface area contributed by atoms with Crippen molar-refractivity contribution >= 4 is 21.4 Å². The molecular formula is C10H12N2OS. The summed E-state index contributed by atoms with van der Waals surface area (Å²) in [5, 5.41) is 0.820. The van der Waals surface area contributed by atoms with Gasteiger partial charge >= 0.3 is 0 Å². The van der Waals surface area contributed by atoms with Gasteiger partial charge < -0.3 is 10.7 Å². The van der Waals surface area contributed by atoms with Crippen molar-refractivity contribution in [1.29, 1.82) is 0 Å². The first-order valence-electron chi connectivity index (χ1n) is 4.53. The van der Waals surface area contributed by atoms with E-state index in [1.54, 1.807) is 17.5 Å². The third-order valence-corrected chi connectivity index (χ3v) is 3.64. The van der Waals surface area contributed by atoms with Crippen LogP contribution in [0.15, 0.2) is 17.1 Å². The minimum atomic E-state index is -0.000443. The number of aryl methyl sites for hydroxylation is 1. The van der Waals surface area contributed by atoms with Crippen LogP contribution in [0.25, 0.3) is 10.1 Å². The van der Waals surface area contributed by atoms with Crippen LogP contribution < -0.4 is 11.3 Å². The highest BCUT2D eigenvalue weighted by molar-refractivity contribution is 7.19. The van der Waals surface area contributed by atoms with Gasteiger partial charge in [0.15, 0.2) is 0 Å². The fourth-order valence-electron chi connectivity index (χ4n) is 1.62. The Bertz CT molecular complexity index is 512. The van der Waals surface area contributed by atoms with Crippen molar-refractivity contribution in [2.75, 3.05) is 6.54 Å². The Morgan fingerprint density at radius 3 is 3.00 bits per heavy atom. The number of thiophene rings is 1. The summed E-state index contributed by atoms with van der Waals surface area (Å²) < 4.78 is 1.05. The van der Waals surface area contributed by atoms with Crippen molar-refractivity contribution in [3.8, 4) is 0 Å². The summed E-state index contributed by atoms with van der Waals surface area (Å²) in [6, 6.07) is 1.94. The number of rotatable bonds is 2. The largest absolute Gasteiger partial charge is 0.330 e. The molecule has 0 radical (unpaired) electrons. The molecule has 14 heavy (non-hydrogen) atoms. The van der Waals surface area contributed by atoms with E-state index in [0.29, 0.717) is 6.54 Å². The molecule has 4 heteroatoms. The average Bonchev–Trinajstić information content (AvgIpc) is 2.46. The molecule has 3 N–H and O–H groups in total. The lowest BCUT2D eigenvalue weighted by Crippen LogP contribution is -2.05. The van der Waals surface area contributed by atoms with Crippen molar-refractivity contribution in [1.82, 2.24) is 4.98 Å². The number of fused-ring (bicyclic) bond motifs is 1. The normalized spacial score (nSPS) is 11.0. The van der Waals surface area contributed by atoms with Crippen LogP contribution in [0.4, 0.5) is 0 Å². The predicted molar refractivity (Wildman–Crippen MR) is 59.9 cm³/mol. The van der Waals surface area contributed by atoms with Crippen LogP contribution in [0, 0.1) is 6.92 Å². The first-order chi connectivity index (χ1) is 6.74. The Morgan fingerprint density at radius 2 is 2.36 bits per heavy atom. The maximum absolute atomic E-state index is 11.5. The molecule has 74 valence electrons. The summed E-state index contributed by atoms with van der Waals surface area (Å²) in [5.74, 6) is 0. The van der Waals surface area contributed by atoms with Crippen molar-refractivity contribution in [2.24, 2.45) is 5.73 Å². The monoisotopic (exact) mass is 208 g/mol. The molecule has 0 bridgehead atoms. The lowest BCUT2D eigenvalue weighted by atomic mass is 10.1. The Labute approximate surface area is 85.6 Å². The van der Waals surface area contributed by atoms with Gasteiger partial charge in [-0.3, -0.25) is 4.79 Å². The zero-order valence-corrected chi connectivity index (χ0v) is 8.78. The smallest absolute Gasteiger partial charge is 0.256 e. The zero-order chi connectivity index (χ0) is 10.1. The molecule has 0 spiro atoms. The number of nitrogens with one attached hydrogen (secondary N) is 1. The Balaban J connectivity index is 2.74. The molecule has 0 unspecified atom stereocenters. The fourth-order valence-corrected chi connectivity index (χ4v) is 2.84. The molecular weight excluding hydrogens is 196 g/mol. The number of nitrogens with two attached hydrogens (primary N) is 1. The molecule has 2 aromatic rings. The molecule has 0 saturated heterocycles. The third-order valence-electron chi connectivity index (χ3n) is 2.32. The second-order valence-corrected chi connectivity index (χ2v) is 4.37. The van der Waals surface area contributed by atoms with Crippen LogP contribution in [0.1, 0.15) is 10.4 Å². The lowest BCUT2D eigenvalue weighted by Gasteiger charge is -1.93. The summed E-state index contributed by atoms with van der Waals surface area (Å²) in [6.45, 7) is 2.62. The molecule has 0 atom stereocenters. The molecule has 3 nitrogen and oxygen atoms in total. The maximum Gasteiger partial charge on any atom is 0.256 e. The zero-order valence-electron chi connectivity index (χ0n) is 7.96. The van der Waals surface area contributed by atoms with Crippen molar-refractivity contribution < 1.29 is 0 Å². The van der Waals surface area contributed by atoms with E-state index in [9.17, 15) is 4.79 Å². The molecule has 0 saturated carbocycles. The summed E-state index contributed by atoms with van der Waals surface area (Å²) in [7, 11) is 0. The maximum atomic E-state index is 11.5. The van der Waals surface area contributed by atoms with Gasteiger partial charge in [0.1, 0.15) is 0 Å². The van der Waals surface area contributed by atoms with E-state index in [4.69, 9.17) is 5.73 Å². The lowest BCUT2D eigenvalue weighted by molar-refractivity contribution is 0.981. The van der Waals surface area contributed by atoms with Crippen molar-refractivity contribution in [3.05, 3.63) is 33.1 Å². The van der Waals surface area contributed by atoms with Gasteiger partial charge in [-0.25, -0.2) is 0 Å². The van der Waals surface area contributed by atoms with Crippen molar-refractivity contribution in [2.45, 2.75) is 13.3 Å². The number of hydrogen-bond donors (Lipinski definition) is 2. The topological polar surface area (TPSA) is 58.9 Å². The second kappa shape index (κ2) is 3.55. The molecule has 0 aromatic carbocycles. The van der Waals surface area contributed by atoms with Crippen LogP contribution in [0.3, 0.4) is 0 Å². The highest BCUT2D eigenvalue weighted by Gasteiger charge is 2.09. The van der Waals surface area contributed by atoms with Crippen LogP contribution >= 0.6 is 11.3 Å².